The lowest BCUT2D eigenvalue weighted by molar-refractivity contribution is 0.0249. The molecule has 0 aromatic carbocycles. The Morgan fingerprint density at radius 2 is 2.19 bits per heavy atom. The first-order valence-electron chi connectivity index (χ1n) is 6.18. The van der Waals surface area contributed by atoms with Gasteiger partial charge in [0.1, 0.15) is 0 Å². The summed E-state index contributed by atoms with van der Waals surface area (Å²) in [6.07, 6.45) is 6.53. The highest BCUT2D eigenvalue weighted by atomic mass is 32.1. The molecule has 2 rings (SSSR count). The molecule has 1 aliphatic carbocycles. The van der Waals surface area contributed by atoms with Crippen molar-refractivity contribution in [3.8, 4) is 0 Å². The van der Waals surface area contributed by atoms with Crippen molar-refractivity contribution in [2.75, 3.05) is 13.7 Å². The van der Waals surface area contributed by atoms with Crippen LogP contribution in [0.1, 0.15) is 31.2 Å². The van der Waals surface area contributed by atoms with Gasteiger partial charge in [-0.2, -0.15) is 11.3 Å². The second kappa shape index (κ2) is 6.38. The molecule has 0 spiro atoms. The van der Waals surface area contributed by atoms with Crippen molar-refractivity contribution in [3.63, 3.8) is 0 Å². The van der Waals surface area contributed by atoms with Gasteiger partial charge >= 0.3 is 0 Å². The fourth-order valence-corrected chi connectivity index (χ4v) is 3.00. The van der Waals surface area contributed by atoms with Crippen LogP contribution in [0.3, 0.4) is 0 Å². The molecule has 0 saturated heterocycles. The number of nitrogens with one attached hydrogen (secondary N) is 1. The van der Waals surface area contributed by atoms with Crippen molar-refractivity contribution >= 4 is 11.3 Å². The number of rotatable bonds is 5. The predicted octanol–water partition coefficient (Wildman–Crippen LogP) is 2.84. The van der Waals surface area contributed by atoms with Gasteiger partial charge in [-0.15, -0.1) is 0 Å². The van der Waals surface area contributed by atoms with Gasteiger partial charge in [-0.3, -0.25) is 0 Å². The third kappa shape index (κ3) is 3.58. The average molecular weight is 239 g/mol. The average Bonchev–Trinajstić information content (AvgIpc) is 2.83. The molecular weight excluding hydrogens is 218 g/mol. The van der Waals surface area contributed by atoms with Crippen molar-refractivity contribution in [2.24, 2.45) is 0 Å². The molecule has 1 aromatic rings. The minimum absolute atomic E-state index is 0.503. The molecule has 0 bridgehead atoms. The third-order valence-corrected chi connectivity index (χ3v) is 4.14. The van der Waals surface area contributed by atoms with E-state index >= 15 is 0 Å². The molecule has 16 heavy (non-hydrogen) atoms. The molecule has 1 aliphatic rings. The molecule has 1 heterocycles. The van der Waals surface area contributed by atoms with E-state index in [0.29, 0.717) is 6.10 Å². The van der Waals surface area contributed by atoms with E-state index in [2.05, 4.69) is 29.2 Å². The van der Waals surface area contributed by atoms with Crippen LogP contribution in [-0.4, -0.2) is 25.8 Å². The van der Waals surface area contributed by atoms with E-state index in [1.807, 2.05) is 0 Å². The SMILES string of the molecule is CNC1CCC(OCCc2ccsc2)CC1. The van der Waals surface area contributed by atoms with Crippen LogP contribution in [-0.2, 0) is 11.2 Å². The molecule has 0 unspecified atom stereocenters. The van der Waals surface area contributed by atoms with Crippen LogP contribution in [0.15, 0.2) is 16.8 Å². The topological polar surface area (TPSA) is 21.3 Å². The Bertz CT molecular complexity index is 278. The molecule has 3 heteroatoms. The zero-order chi connectivity index (χ0) is 11.2. The van der Waals surface area contributed by atoms with E-state index in [1.54, 1.807) is 11.3 Å². The molecule has 0 radical (unpaired) electrons. The van der Waals surface area contributed by atoms with Gasteiger partial charge in [0.2, 0.25) is 0 Å². The normalized spacial score (nSPS) is 25.8. The van der Waals surface area contributed by atoms with Crippen molar-refractivity contribution < 1.29 is 4.74 Å². The summed E-state index contributed by atoms with van der Waals surface area (Å²) in [7, 11) is 2.06. The van der Waals surface area contributed by atoms with Crippen LogP contribution in [0.4, 0.5) is 0 Å². The van der Waals surface area contributed by atoms with Crippen LogP contribution < -0.4 is 5.32 Å². The summed E-state index contributed by atoms with van der Waals surface area (Å²) in [4.78, 5) is 0. The second-order valence-corrected chi connectivity index (χ2v) is 5.29. The standard InChI is InChI=1S/C13H21NOS/c1-14-12-2-4-13(5-3-12)15-8-6-11-7-9-16-10-11/h7,9-10,12-14H,2-6,8H2,1H3. The quantitative estimate of drug-likeness (QED) is 0.853. The smallest absolute Gasteiger partial charge is 0.0576 e. The van der Waals surface area contributed by atoms with Gasteiger partial charge in [0.15, 0.2) is 0 Å². The van der Waals surface area contributed by atoms with Crippen molar-refractivity contribution in [1.82, 2.24) is 5.32 Å². The molecule has 2 nitrogen and oxygen atoms in total. The van der Waals surface area contributed by atoms with Gasteiger partial charge in [-0.05, 0) is 61.5 Å². The molecule has 1 fully saturated rings. The lowest BCUT2D eigenvalue weighted by atomic mass is 9.93. The molecule has 1 N–H and O–H groups in total. The minimum atomic E-state index is 0.503. The van der Waals surface area contributed by atoms with E-state index in [1.165, 1.54) is 31.2 Å². The maximum atomic E-state index is 5.93. The number of hydrogen-bond donors (Lipinski definition) is 1. The van der Waals surface area contributed by atoms with Gasteiger partial charge in [-0.1, -0.05) is 0 Å². The fraction of sp³-hybridized carbons (Fsp3) is 0.692. The van der Waals surface area contributed by atoms with Crippen molar-refractivity contribution in [2.45, 2.75) is 44.2 Å². The lowest BCUT2D eigenvalue weighted by Crippen LogP contribution is -2.33. The lowest BCUT2D eigenvalue weighted by Gasteiger charge is -2.28. The summed E-state index contributed by atoms with van der Waals surface area (Å²) in [5.41, 5.74) is 1.41. The molecule has 0 atom stereocenters. The summed E-state index contributed by atoms with van der Waals surface area (Å²) in [5.74, 6) is 0. The van der Waals surface area contributed by atoms with E-state index in [-0.39, 0.29) is 0 Å². The fourth-order valence-electron chi connectivity index (χ4n) is 2.30. The maximum Gasteiger partial charge on any atom is 0.0576 e. The van der Waals surface area contributed by atoms with Crippen LogP contribution in [0.2, 0.25) is 0 Å². The van der Waals surface area contributed by atoms with E-state index < -0.39 is 0 Å². The highest BCUT2D eigenvalue weighted by molar-refractivity contribution is 7.07. The second-order valence-electron chi connectivity index (χ2n) is 4.51. The largest absolute Gasteiger partial charge is 0.378 e. The molecule has 0 amide bonds. The first-order valence-corrected chi connectivity index (χ1v) is 7.12. The molecule has 1 aromatic heterocycles. The first kappa shape index (κ1) is 12.1. The van der Waals surface area contributed by atoms with Crippen LogP contribution >= 0.6 is 11.3 Å². The van der Waals surface area contributed by atoms with Crippen LogP contribution in [0.25, 0.3) is 0 Å². The summed E-state index contributed by atoms with van der Waals surface area (Å²) >= 11 is 1.77. The Morgan fingerprint density at radius 1 is 1.38 bits per heavy atom. The van der Waals surface area contributed by atoms with Crippen molar-refractivity contribution in [3.05, 3.63) is 22.4 Å². The molecule has 90 valence electrons. The number of ether oxygens (including phenoxy) is 1. The Morgan fingerprint density at radius 3 is 2.81 bits per heavy atom. The summed E-state index contributed by atoms with van der Waals surface area (Å²) < 4.78 is 5.93. The Labute approximate surface area is 102 Å². The summed E-state index contributed by atoms with van der Waals surface area (Å²) in [5, 5.41) is 7.69. The van der Waals surface area contributed by atoms with Gasteiger partial charge in [-0.25, -0.2) is 0 Å². The first-order chi connectivity index (χ1) is 7.88. The monoisotopic (exact) mass is 239 g/mol. The number of thiophene rings is 1. The van der Waals surface area contributed by atoms with Gasteiger partial charge < -0.3 is 10.1 Å². The van der Waals surface area contributed by atoms with Gasteiger partial charge in [0, 0.05) is 6.04 Å². The van der Waals surface area contributed by atoms with E-state index in [4.69, 9.17) is 4.74 Å². The van der Waals surface area contributed by atoms with Gasteiger partial charge in [0.05, 0.1) is 12.7 Å². The van der Waals surface area contributed by atoms with Crippen LogP contribution in [0, 0.1) is 0 Å². The Hall–Kier alpha value is -0.380. The van der Waals surface area contributed by atoms with Crippen molar-refractivity contribution in [1.29, 1.82) is 0 Å². The van der Waals surface area contributed by atoms with E-state index in [0.717, 1.165) is 19.1 Å². The molecule has 0 aliphatic heterocycles. The van der Waals surface area contributed by atoms with E-state index in [9.17, 15) is 0 Å². The Kier molecular flexibility index (Phi) is 4.82. The highest BCUT2D eigenvalue weighted by Crippen LogP contribution is 2.21. The Balaban J connectivity index is 1.60. The molecular formula is C13H21NOS. The zero-order valence-corrected chi connectivity index (χ0v) is 10.8. The maximum absolute atomic E-state index is 5.93. The summed E-state index contributed by atoms with van der Waals surface area (Å²) in [6, 6.07) is 2.91. The predicted molar refractivity (Wildman–Crippen MR) is 69.1 cm³/mol. The minimum Gasteiger partial charge on any atom is -0.378 e. The zero-order valence-electron chi connectivity index (χ0n) is 9.95. The summed E-state index contributed by atoms with van der Waals surface area (Å²) in [6.45, 7) is 0.881. The van der Waals surface area contributed by atoms with Gasteiger partial charge in [0.25, 0.3) is 0 Å². The highest BCUT2D eigenvalue weighted by Gasteiger charge is 2.19. The molecule has 1 saturated carbocycles. The third-order valence-electron chi connectivity index (χ3n) is 3.41. The number of hydrogen-bond acceptors (Lipinski definition) is 3. The van der Waals surface area contributed by atoms with Crippen LogP contribution in [0.5, 0.6) is 0 Å².